The van der Waals surface area contributed by atoms with Gasteiger partial charge in [-0.1, -0.05) is 0 Å². The molecule has 0 aromatic carbocycles. The summed E-state index contributed by atoms with van der Waals surface area (Å²) in [6.07, 6.45) is 0. The average Bonchev–Trinajstić information content (AvgIpc) is 2.34. The lowest BCUT2D eigenvalue weighted by atomic mass is 10.5. The number of hydrogen-bond donors (Lipinski definition) is 1. The van der Waals surface area contributed by atoms with Gasteiger partial charge in [-0.25, -0.2) is 8.42 Å². The lowest BCUT2D eigenvalue weighted by Crippen LogP contribution is -1.71. The molecule has 1 heterocycles. The first kappa shape index (κ1) is 6.83. The van der Waals surface area contributed by atoms with Crippen LogP contribution in [0.5, 0.6) is 0 Å². The van der Waals surface area contributed by atoms with E-state index in [2.05, 4.69) is 4.42 Å². The van der Waals surface area contributed by atoms with E-state index >= 15 is 0 Å². The molecule has 5 heteroatoms. The molecule has 0 saturated heterocycles. The van der Waals surface area contributed by atoms with E-state index in [9.17, 15) is 8.42 Å². The van der Waals surface area contributed by atoms with Crippen molar-refractivity contribution >= 4 is 10.7 Å². The fourth-order valence-electron chi connectivity index (χ4n) is 0.486. The molecule has 0 bridgehead atoms. The number of furan rings is 1. The second kappa shape index (κ2) is 2.54. The Morgan fingerprint density at radius 1 is 1.50 bits per heavy atom. The third-order valence-electron chi connectivity index (χ3n) is 0.882. The zero-order valence-electron chi connectivity index (χ0n) is 4.77. The van der Waals surface area contributed by atoms with Crippen LogP contribution in [0.1, 0.15) is 5.76 Å². The Morgan fingerprint density at radius 3 is 2.50 bits per heavy atom. The summed E-state index contributed by atoms with van der Waals surface area (Å²) in [4.78, 5) is 0. The van der Waals surface area contributed by atoms with Gasteiger partial charge < -0.3 is 4.42 Å². The van der Waals surface area contributed by atoms with Gasteiger partial charge in [-0.3, -0.25) is 0 Å². The Kier molecular flexibility index (Phi) is 1.73. The van der Waals surface area contributed by atoms with E-state index in [1.54, 1.807) is 6.07 Å². The summed E-state index contributed by atoms with van der Waals surface area (Å²) >= 11 is 0. The maximum absolute atomic E-state index is 10.2. The van der Waals surface area contributed by atoms with Crippen LogP contribution in [-0.4, -0.2) is 8.42 Å². The third-order valence-corrected chi connectivity index (χ3v) is 1.48. The predicted molar refractivity (Wildman–Crippen MR) is 32.0 cm³/mol. The van der Waals surface area contributed by atoms with Gasteiger partial charge in [0.05, 0.1) is 0 Å². The first-order valence-corrected chi connectivity index (χ1v) is 3.56. The van der Waals surface area contributed by atoms with Crippen LogP contribution in [-0.2, 0) is 10.7 Å². The fraction of sp³-hybridized carbons (Fsp3) is 0. The monoisotopic (exact) mass is 157 g/mol. The second-order valence-electron chi connectivity index (χ2n) is 1.51. The van der Waals surface area contributed by atoms with Crippen LogP contribution < -0.4 is 0 Å². The molecule has 1 aromatic rings. The van der Waals surface area contributed by atoms with Crippen LogP contribution in [0.15, 0.2) is 21.6 Å². The van der Waals surface area contributed by atoms with Crippen molar-refractivity contribution in [1.29, 1.82) is 5.26 Å². The van der Waals surface area contributed by atoms with Crippen LogP contribution in [0.25, 0.3) is 0 Å². The Balaban J connectivity index is 3.14. The molecule has 0 spiro atoms. The summed E-state index contributed by atoms with van der Waals surface area (Å²) in [6, 6.07) is 4.21. The highest BCUT2D eigenvalue weighted by Crippen LogP contribution is 2.06. The number of nitriles is 1. The van der Waals surface area contributed by atoms with E-state index in [0.717, 1.165) is 0 Å². The summed E-state index contributed by atoms with van der Waals surface area (Å²) in [7, 11) is -2.70. The molecule has 10 heavy (non-hydrogen) atoms. The molecule has 0 aliphatic carbocycles. The summed E-state index contributed by atoms with van der Waals surface area (Å²) in [5, 5.41) is 8.02. The highest BCUT2D eigenvalue weighted by molar-refractivity contribution is 7.72. The topological polar surface area (TPSA) is 71.1 Å². The summed E-state index contributed by atoms with van der Waals surface area (Å²) < 4.78 is 24.9. The van der Waals surface area contributed by atoms with Gasteiger partial charge in [-0.2, -0.15) is 5.26 Å². The Bertz CT molecular complexity index is 336. The standard InChI is InChI=1S/C5H3NO3S/c6-3-4-1-2-5(9-4)10(7)8/h1-2,10H. The molecule has 0 aliphatic heterocycles. The van der Waals surface area contributed by atoms with Crippen molar-refractivity contribution in [3.63, 3.8) is 0 Å². The van der Waals surface area contributed by atoms with E-state index in [1.165, 1.54) is 12.1 Å². The van der Waals surface area contributed by atoms with E-state index in [4.69, 9.17) is 5.26 Å². The van der Waals surface area contributed by atoms with Crippen molar-refractivity contribution in [2.24, 2.45) is 0 Å². The van der Waals surface area contributed by atoms with Crippen molar-refractivity contribution in [3.05, 3.63) is 17.9 Å². The SMILES string of the molecule is N#Cc1ccc([SH](=O)=O)o1. The van der Waals surface area contributed by atoms with Crippen LogP contribution >= 0.6 is 0 Å². The first-order chi connectivity index (χ1) is 4.74. The third kappa shape index (κ3) is 1.17. The Morgan fingerprint density at radius 2 is 2.20 bits per heavy atom. The second-order valence-corrected chi connectivity index (χ2v) is 2.46. The molecule has 4 nitrogen and oxygen atoms in total. The minimum Gasteiger partial charge on any atom is -0.434 e. The van der Waals surface area contributed by atoms with Gasteiger partial charge in [-0.05, 0) is 12.1 Å². The maximum Gasteiger partial charge on any atom is 0.217 e. The maximum atomic E-state index is 10.2. The Labute approximate surface area is 58.6 Å². The molecule has 1 rings (SSSR count). The van der Waals surface area contributed by atoms with Crippen molar-refractivity contribution < 1.29 is 12.8 Å². The number of thiol groups is 1. The van der Waals surface area contributed by atoms with Crippen LogP contribution in [0.3, 0.4) is 0 Å². The molecule has 0 unspecified atom stereocenters. The minimum atomic E-state index is -2.70. The van der Waals surface area contributed by atoms with Crippen molar-refractivity contribution in [2.75, 3.05) is 0 Å². The highest BCUT2D eigenvalue weighted by Gasteiger charge is 2.00. The molecular weight excluding hydrogens is 154 g/mol. The first-order valence-electron chi connectivity index (χ1n) is 2.38. The Hall–Kier alpha value is -1.28. The molecule has 1 aromatic heterocycles. The van der Waals surface area contributed by atoms with Gasteiger partial charge in [0.2, 0.25) is 21.6 Å². The van der Waals surface area contributed by atoms with Gasteiger partial charge in [0, 0.05) is 0 Å². The van der Waals surface area contributed by atoms with Gasteiger partial charge >= 0.3 is 0 Å². The summed E-state index contributed by atoms with van der Waals surface area (Å²) in [5.41, 5.74) is 0. The fourth-order valence-corrected chi connectivity index (χ4v) is 0.855. The molecule has 0 atom stereocenters. The van der Waals surface area contributed by atoms with E-state index < -0.39 is 10.7 Å². The summed E-state index contributed by atoms with van der Waals surface area (Å²) in [5.74, 6) is 0.00852. The quantitative estimate of drug-likeness (QED) is 0.588. The average molecular weight is 157 g/mol. The van der Waals surface area contributed by atoms with Crippen molar-refractivity contribution in [2.45, 2.75) is 5.09 Å². The number of rotatable bonds is 1. The molecule has 52 valence electrons. The molecule has 0 radical (unpaired) electrons. The molecule has 0 fully saturated rings. The lowest BCUT2D eigenvalue weighted by molar-refractivity contribution is 0.447. The predicted octanol–water partition coefficient (Wildman–Crippen LogP) is 0.122. The van der Waals surface area contributed by atoms with Gasteiger partial charge in [0.1, 0.15) is 6.07 Å². The molecule has 0 N–H and O–H groups in total. The van der Waals surface area contributed by atoms with Gasteiger partial charge in [0.25, 0.3) is 0 Å². The molecule has 0 saturated carbocycles. The van der Waals surface area contributed by atoms with E-state index in [0.29, 0.717) is 0 Å². The van der Waals surface area contributed by atoms with Gasteiger partial charge in [-0.15, -0.1) is 0 Å². The van der Waals surface area contributed by atoms with Crippen molar-refractivity contribution in [1.82, 2.24) is 0 Å². The zero-order chi connectivity index (χ0) is 7.56. The summed E-state index contributed by atoms with van der Waals surface area (Å²) in [6.45, 7) is 0. The number of nitrogens with zero attached hydrogens (tertiary/aromatic N) is 1. The van der Waals surface area contributed by atoms with E-state index in [-0.39, 0.29) is 10.9 Å². The van der Waals surface area contributed by atoms with Crippen molar-refractivity contribution in [3.8, 4) is 6.07 Å². The molecule has 0 aliphatic rings. The van der Waals surface area contributed by atoms with Crippen LogP contribution in [0.2, 0.25) is 0 Å². The minimum absolute atomic E-state index is 0.00852. The van der Waals surface area contributed by atoms with Crippen LogP contribution in [0, 0.1) is 11.3 Å². The zero-order valence-corrected chi connectivity index (χ0v) is 5.67. The smallest absolute Gasteiger partial charge is 0.217 e. The number of hydrogen-bond acceptors (Lipinski definition) is 4. The van der Waals surface area contributed by atoms with Gasteiger partial charge in [0.15, 0.2) is 0 Å². The van der Waals surface area contributed by atoms with Crippen LogP contribution in [0.4, 0.5) is 0 Å². The van der Waals surface area contributed by atoms with E-state index in [1.807, 2.05) is 0 Å². The molecular formula is C5H3NO3S. The highest BCUT2D eigenvalue weighted by atomic mass is 32.2. The largest absolute Gasteiger partial charge is 0.434 e. The molecule has 0 amide bonds. The lowest BCUT2D eigenvalue weighted by Gasteiger charge is -1.75. The normalized spacial score (nSPS) is 9.60.